The maximum absolute atomic E-state index is 13.6. The first kappa shape index (κ1) is 19.6. The lowest BCUT2D eigenvalue weighted by atomic mass is 10.1. The van der Waals surface area contributed by atoms with E-state index in [1.165, 1.54) is 0 Å². The van der Waals surface area contributed by atoms with E-state index in [-0.39, 0.29) is 23.4 Å². The molecule has 4 aromatic rings. The number of aliphatic hydroxyl groups excluding tert-OH is 1. The Labute approximate surface area is 182 Å². The monoisotopic (exact) mass is 436 g/mol. The Morgan fingerprint density at radius 2 is 2.00 bits per heavy atom. The van der Waals surface area contributed by atoms with Gasteiger partial charge in [-0.1, -0.05) is 17.3 Å². The largest absolute Gasteiger partial charge is 0.392 e. The number of aliphatic hydroxyl groups is 2. The Morgan fingerprint density at radius 3 is 2.78 bits per heavy atom. The molecule has 1 unspecified atom stereocenters. The number of fused-ring (bicyclic) bond motifs is 3. The van der Waals surface area contributed by atoms with Gasteiger partial charge in [-0.05, 0) is 44.4 Å². The van der Waals surface area contributed by atoms with Gasteiger partial charge in [0.25, 0.3) is 11.4 Å². The molecule has 6 rings (SSSR count). The molecule has 32 heavy (non-hydrogen) atoms. The summed E-state index contributed by atoms with van der Waals surface area (Å²) in [7, 11) is 0. The highest BCUT2D eigenvalue weighted by atomic mass is 16.5. The van der Waals surface area contributed by atoms with Crippen LogP contribution in [0.5, 0.6) is 0 Å². The number of nitrogens with zero attached hydrogens (tertiary/aromatic N) is 6. The standard InChI is InChI=1S/C22H24N6O4/c29-14-4-3-9-26(12-14)10-11-27-15-5-1-2-6-16(15)28-13-23-17(18(28)20(27)30)19-24-21(32-25-19)22(31)7-8-22/h1-2,5-6,13-14,29,31H,3-4,7-12H2. The molecule has 1 saturated heterocycles. The van der Waals surface area contributed by atoms with Gasteiger partial charge in [-0.25, -0.2) is 4.98 Å². The van der Waals surface area contributed by atoms with Crippen molar-refractivity contribution in [3.05, 3.63) is 46.8 Å². The average molecular weight is 436 g/mol. The summed E-state index contributed by atoms with van der Waals surface area (Å²) < 4.78 is 8.78. The second kappa shape index (κ2) is 7.22. The SMILES string of the molecule is O=c1c2c(-c3noc(C4(O)CC4)n3)ncn2c2ccccc2n1CCN1CCCC(O)C1. The summed E-state index contributed by atoms with van der Waals surface area (Å²) in [5.74, 6) is 0.360. The van der Waals surface area contributed by atoms with Crippen LogP contribution in [0.2, 0.25) is 0 Å². The van der Waals surface area contributed by atoms with Crippen molar-refractivity contribution in [1.82, 2.24) is 29.0 Å². The van der Waals surface area contributed by atoms with E-state index < -0.39 is 5.60 Å². The molecule has 0 bridgehead atoms. The van der Waals surface area contributed by atoms with Crippen molar-refractivity contribution in [3.63, 3.8) is 0 Å². The fraction of sp³-hybridized carbons (Fsp3) is 0.455. The first-order chi connectivity index (χ1) is 15.5. The number of hydrogen-bond acceptors (Lipinski definition) is 8. The van der Waals surface area contributed by atoms with Crippen molar-refractivity contribution in [2.75, 3.05) is 19.6 Å². The predicted octanol–water partition coefficient (Wildman–Crippen LogP) is 1.14. The van der Waals surface area contributed by atoms with Crippen molar-refractivity contribution >= 4 is 16.6 Å². The summed E-state index contributed by atoms with van der Waals surface area (Å²) in [6, 6.07) is 7.71. The van der Waals surface area contributed by atoms with Gasteiger partial charge in [0.1, 0.15) is 23.1 Å². The van der Waals surface area contributed by atoms with Gasteiger partial charge in [-0.3, -0.25) is 14.1 Å². The lowest BCUT2D eigenvalue weighted by molar-refractivity contribution is 0.0690. The van der Waals surface area contributed by atoms with E-state index in [1.54, 1.807) is 15.3 Å². The summed E-state index contributed by atoms with van der Waals surface area (Å²) in [6.07, 6.45) is 4.24. The molecule has 0 radical (unpaired) electrons. The zero-order chi connectivity index (χ0) is 21.9. The minimum absolute atomic E-state index is 0.165. The maximum Gasteiger partial charge on any atom is 0.277 e. The minimum Gasteiger partial charge on any atom is -0.392 e. The quantitative estimate of drug-likeness (QED) is 0.478. The van der Waals surface area contributed by atoms with Gasteiger partial charge in [-0.2, -0.15) is 4.98 Å². The van der Waals surface area contributed by atoms with E-state index in [1.807, 2.05) is 24.3 Å². The zero-order valence-corrected chi connectivity index (χ0v) is 17.5. The summed E-state index contributed by atoms with van der Waals surface area (Å²) in [4.78, 5) is 24.6. The van der Waals surface area contributed by atoms with Gasteiger partial charge in [0.15, 0.2) is 0 Å². The summed E-state index contributed by atoms with van der Waals surface area (Å²) in [5, 5.41) is 24.2. The number of para-hydroxylation sites is 2. The van der Waals surface area contributed by atoms with Gasteiger partial charge in [0, 0.05) is 19.6 Å². The Bertz CT molecular complexity index is 1370. The van der Waals surface area contributed by atoms with Crippen LogP contribution in [-0.2, 0) is 12.1 Å². The third kappa shape index (κ3) is 3.14. The molecule has 1 aliphatic heterocycles. The van der Waals surface area contributed by atoms with Crippen LogP contribution in [0.25, 0.3) is 28.1 Å². The average Bonchev–Trinajstić information content (AvgIpc) is 3.18. The summed E-state index contributed by atoms with van der Waals surface area (Å²) >= 11 is 0. The smallest absolute Gasteiger partial charge is 0.277 e. The maximum atomic E-state index is 13.6. The van der Waals surface area contributed by atoms with Crippen LogP contribution in [-0.4, -0.2) is 64.9 Å². The van der Waals surface area contributed by atoms with E-state index in [0.717, 1.165) is 30.4 Å². The number of piperidine rings is 1. The van der Waals surface area contributed by atoms with Crippen LogP contribution in [0, 0.1) is 0 Å². The number of benzene rings is 1. The number of hydrogen-bond donors (Lipinski definition) is 2. The molecule has 1 aliphatic carbocycles. The normalized spacial score (nSPS) is 20.9. The number of β-amino-alcohol motifs (C(OH)–C–C–N with tert-alkyl or cyclic N) is 1. The Balaban J connectivity index is 1.45. The third-order valence-electron chi connectivity index (χ3n) is 6.53. The first-order valence-electron chi connectivity index (χ1n) is 11.0. The Kier molecular flexibility index (Phi) is 4.42. The molecule has 10 nitrogen and oxygen atoms in total. The fourth-order valence-corrected chi connectivity index (χ4v) is 4.57. The van der Waals surface area contributed by atoms with Crippen molar-refractivity contribution in [2.45, 2.75) is 43.9 Å². The van der Waals surface area contributed by atoms with E-state index in [2.05, 4.69) is 20.0 Å². The number of likely N-dealkylation sites (tertiary alicyclic amines) is 1. The van der Waals surface area contributed by atoms with Crippen LogP contribution in [0.15, 0.2) is 39.9 Å². The van der Waals surface area contributed by atoms with Crippen LogP contribution in [0.4, 0.5) is 0 Å². The molecule has 2 N–H and O–H groups in total. The molecule has 3 aromatic heterocycles. The van der Waals surface area contributed by atoms with Crippen LogP contribution < -0.4 is 5.56 Å². The Morgan fingerprint density at radius 1 is 1.19 bits per heavy atom. The van der Waals surface area contributed by atoms with Crippen molar-refractivity contribution < 1.29 is 14.7 Å². The highest BCUT2D eigenvalue weighted by Gasteiger charge is 2.48. The first-order valence-corrected chi connectivity index (χ1v) is 11.0. The van der Waals surface area contributed by atoms with Gasteiger partial charge in [-0.15, -0.1) is 0 Å². The molecular weight excluding hydrogens is 412 g/mol. The molecular formula is C22H24N6O4. The summed E-state index contributed by atoms with van der Waals surface area (Å²) in [6.45, 7) is 2.70. The molecule has 2 fully saturated rings. The van der Waals surface area contributed by atoms with E-state index in [0.29, 0.717) is 43.7 Å². The zero-order valence-electron chi connectivity index (χ0n) is 17.5. The van der Waals surface area contributed by atoms with Crippen molar-refractivity contribution in [2.24, 2.45) is 0 Å². The van der Waals surface area contributed by atoms with Gasteiger partial charge < -0.3 is 19.3 Å². The fourth-order valence-electron chi connectivity index (χ4n) is 4.57. The predicted molar refractivity (Wildman–Crippen MR) is 115 cm³/mol. The molecule has 1 saturated carbocycles. The lowest BCUT2D eigenvalue weighted by Crippen LogP contribution is -2.40. The molecule has 1 aromatic carbocycles. The van der Waals surface area contributed by atoms with Crippen LogP contribution >= 0.6 is 0 Å². The molecule has 1 atom stereocenters. The van der Waals surface area contributed by atoms with Crippen LogP contribution in [0.3, 0.4) is 0 Å². The highest BCUT2D eigenvalue weighted by molar-refractivity contribution is 5.83. The van der Waals surface area contributed by atoms with E-state index >= 15 is 0 Å². The molecule has 10 heteroatoms. The van der Waals surface area contributed by atoms with Gasteiger partial charge >= 0.3 is 0 Å². The number of aromatic nitrogens is 5. The highest BCUT2D eigenvalue weighted by Crippen LogP contribution is 2.44. The van der Waals surface area contributed by atoms with Gasteiger partial charge in [0.2, 0.25) is 5.82 Å². The number of imidazole rings is 1. The topological polar surface area (TPSA) is 122 Å². The van der Waals surface area contributed by atoms with Crippen LogP contribution in [0.1, 0.15) is 31.6 Å². The van der Waals surface area contributed by atoms with Crippen molar-refractivity contribution in [3.8, 4) is 11.5 Å². The molecule has 4 heterocycles. The number of rotatable bonds is 5. The van der Waals surface area contributed by atoms with Gasteiger partial charge in [0.05, 0.1) is 17.1 Å². The van der Waals surface area contributed by atoms with Crippen molar-refractivity contribution in [1.29, 1.82) is 0 Å². The molecule has 2 aliphatic rings. The summed E-state index contributed by atoms with van der Waals surface area (Å²) in [5.41, 5.74) is 1.13. The second-order valence-electron chi connectivity index (χ2n) is 8.81. The third-order valence-corrected chi connectivity index (χ3v) is 6.53. The molecule has 0 amide bonds. The van der Waals surface area contributed by atoms with E-state index in [9.17, 15) is 15.0 Å². The second-order valence-corrected chi connectivity index (χ2v) is 8.81. The molecule has 166 valence electrons. The van der Waals surface area contributed by atoms with E-state index in [4.69, 9.17) is 4.52 Å². The minimum atomic E-state index is -1.05. The molecule has 0 spiro atoms. The lowest BCUT2D eigenvalue weighted by Gasteiger charge is -2.30. The Hall–Kier alpha value is -3.08.